The third-order valence-corrected chi connectivity index (χ3v) is 7.30. The summed E-state index contributed by atoms with van der Waals surface area (Å²) in [6.45, 7) is 12.7. The first kappa shape index (κ1) is 29.0. The predicted octanol–water partition coefficient (Wildman–Crippen LogP) is 6.31. The lowest BCUT2D eigenvalue weighted by atomic mass is 9.91. The standard InChI is InChI=1S/C33H46N2O2/c1-5-6-7-10-27-14-16-30(17-15-27)32(37)35(26-29-12-8-11-28(25-29)13-9-24-36)31-18-21-34(22-19-31)23-20-33(2,3)4/h8,11-12,14-17,25,31,36H,5-7,10,18-24,26H2,1-4H3. The maximum Gasteiger partial charge on any atom is 0.254 e. The number of rotatable bonds is 10. The van der Waals surface area contributed by atoms with Crippen molar-refractivity contribution in [2.45, 2.75) is 85.2 Å². The topological polar surface area (TPSA) is 43.8 Å². The van der Waals surface area contributed by atoms with Gasteiger partial charge in [-0.2, -0.15) is 0 Å². The monoisotopic (exact) mass is 502 g/mol. The molecule has 2 aromatic rings. The minimum absolute atomic E-state index is 0.111. The number of likely N-dealkylation sites (tertiary alicyclic amines) is 1. The lowest BCUT2D eigenvalue weighted by molar-refractivity contribution is 0.0541. The van der Waals surface area contributed by atoms with E-state index in [1.54, 1.807) is 0 Å². The number of amides is 1. The van der Waals surface area contributed by atoms with Crippen LogP contribution in [-0.2, 0) is 13.0 Å². The summed E-state index contributed by atoms with van der Waals surface area (Å²) in [6.07, 6.45) is 7.90. The fraction of sp³-hybridized carbons (Fsp3) is 0.545. The summed E-state index contributed by atoms with van der Waals surface area (Å²) in [6, 6.07) is 16.5. The lowest BCUT2D eigenvalue weighted by Crippen LogP contribution is -2.47. The summed E-state index contributed by atoms with van der Waals surface area (Å²) in [5.74, 6) is 5.84. The second kappa shape index (κ2) is 14.4. The van der Waals surface area contributed by atoms with Gasteiger partial charge < -0.3 is 14.9 Å². The van der Waals surface area contributed by atoms with Crippen LogP contribution in [0.3, 0.4) is 0 Å². The summed E-state index contributed by atoms with van der Waals surface area (Å²) in [4.78, 5) is 18.5. The number of hydrogen-bond donors (Lipinski definition) is 1. The van der Waals surface area contributed by atoms with E-state index in [-0.39, 0.29) is 18.6 Å². The zero-order chi connectivity index (χ0) is 26.7. The van der Waals surface area contributed by atoms with Crippen molar-refractivity contribution in [1.82, 2.24) is 9.80 Å². The van der Waals surface area contributed by atoms with Crippen molar-refractivity contribution in [3.63, 3.8) is 0 Å². The Morgan fingerprint density at radius 3 is 2.43 bits per heavy atom. The van der Waals surface area contributed by atoms with Gasteiger partial charge in [0, 0.05) is 36.8 Å². The van der Waals surface area contributed by atoms with E-state index >= 15 is 0 Å². The van der Waals surface area contributed by atoms with Gasteiger partial charge in [0.05, 0.1) is 0 Å². The van der Waals surface area contributed by atoms with Crippen LogP contribution in [0.25, 0.3) is 0 Å². The molecule has 0 bridgehead atoms. The molecular formula is C33H46N2O2. The molecule has 2 aromatic carbocycles. The van der Waals surface area contributed by atoms with Crippen molar-refractivity contribution in [3.05, 3.63) is 70.8 Å². The molecule has 37 heavy (non-hydrogen) atoms. The van der Waals surface area contributed by atoms with Gasteiger partial charge in [-0.25, -0.2) is 0 Å². The van der Waals surface area contributed by atoms with Gasteiger partial charge in [0.25, 0.3) is 5.91 Å². The molecule has 1 saturated heterocycles. The number of benzene rings is 2. The molecule has 0 atom stereocenters. The summed E-state index contributed by atoms with van der Waals surface area (Å²) >= 11 is 0. The van der Waals surface area contributed by atoms with Crippen molar-refractivity contribution in [2.75, 3.05) is 26.2 Å². The molecule has 4 nitrogen and oxygen atoms in total. The smallest absolute Gasteiger partial charge is 0.254 e. The number of carbonyl (C=O) groups is 1. The fourth-order valence-corrected chi connectivity index (χ4v) is 4.96. The molecule has 1 aliphatic heterocycles. The van der Waals surface area contributed by atoms with Gasteiger partial charge in [-0.05, 0) is 79.5 Å². The van der Waals surface area contributed by atoms with E-state index in [4.69, 9.17) is 5.11 Å². The molecule has 0 radical (unpaired) electrons. The fourth-order valence-electron chi connectivity index (χ4n) is 4.96. The first-order valence-corrected chi connectivity index (χ1v) is 14.1. The van der Waals surface area contributed by atoms with Crippen LogP contribution in [0.5, 0.6) is 0 Å². The largest absolute Gasteiger partial charge is 0.384 e. The summed E-state index contributed by atoms with van der Waals surface area (Å²) in [7, 11) is 0. The van der Waals surface area contributed by atoms with Crippen molar-refractivity contribution in [2.24, 2.45) is 5.41 Å². The highest BCUT2D eigenvalue weighted by Gasteiger charge is 2.29. The molecule has 1 aliphatic rings. The molecule has 0 spiro atoms. The summed E-state index contributed by atoms with van der Waals surface area (Å²) < 4.78 is 0. The number of hydrogen-bond acceptors (Lipinski definition) is 3. The number of carbonyl (C=O) groups excluding carboxylic acids is 1. The van der Waals surface area contributed by atoms with E-state index in [0.29, 0.717) is 12.0 Å². The normalized spacial score (nSPS) is 14.7. The first-order valence-electron chi connectivity index (χ1n) is 14.1. The highest BCUT2D eigenvalue weighted by Crippen LogP contribution is 2.25. The number of nitrogens with zero attached hydrogens (tertiary/aromatic N) is 2. The zero-order valence-electron chi connectivity index (χ0n) is 23.4. The summed E-state index contributed by atoms with van der Waals surface area (Å²) in [5, 5.41) is 9.06. The molecule has 200 valence electrons. The van der Waals surface area contributed by atoms with E-state index in [0.717, 1.165) is 55.6 Å². The maximum absolute atomic E-state index is 13.9. The van der Waals surface area contributed by atoms with Crippen molar-refractivity contribution < 1.29 is 9.90 Å². The van der Waals surface area contributed by atoms with Crippen molar-refractivity contribution >= 4 is 5.91 Å². The molecule has 0 aromatic heterocycles. The van der Waals surface area contributed by atoms with Crippen LogP contribution < -0.4 is 0 Å². The number of aliphatic hydroxyl groups excluding tert-OH is 1. The number of piperidine rings is 1. The number of aliphatic hydroxyl groups is 1. The Hall–Kier alpha value is -2.61. The Balaban J connectivity index is 1.75. The molecular weight excluding hydrogens is 456 g/mol. The molecule has 1 N–H and O–H groups in total. The lowest BCUT2D eigenvalue weighted by Gasteiger charge is -2.39. The first-order chi connectivity index (χ1) is 17.8. The Morgan fingerprint density at radius 2 is 1.78 bits per heavy atom. The van der Waals surface area contributed by atoms with Crippen molar-refractivity contribution in [1.29, 1.82) is 0 Å². The minimum Gasteiger partial charge on any atom is -0.384 e. The average Bonchev–Trinajstić information content (AvgIpc) is 2.90. The van der Waals surface area contributed by atoms with Crippen LogP contribution in [0.15, 0.2) is 48.5 Å². The van der Waals surface area contributed by atoms with Gasteiger partial charge in [0.2, 0.25) is 0 Å². The Morgan fingerprint density at radius 1 is 1.05 bits per heavy atom. The Bertz CT molecular complexity index is 1030. The Labute approximate surface area is 225 Å². The van der Waals surface area contributed by atoms with E-state index < -0.39 is 0 Å². The second-order valence-corrected chi connectivity index (χ2v) is 11.6. The molecule has 4 heteroatoms. The van der Waals surface area contributed by atoms with E-state index in [2.05, 4.69) is 67.5 Å². The molecule has 0 unspecified atom stereocenters. The average molecular weight is 503 g/mol. The quantitative estimate of drug-likeness (QED) is 0.306. The van der Waals surface area contributed by atoms with Gasteiger partial charge in [-0.1, -0.05) is 76.6 Å². The highest BCUT2D eigenvalue weighted by molar-refractivity contribution is 5.94. The van der Waals surface area contributed by atoms with Crippen LogP contribution in [0.4, 0.5) is 0 Å². The third kappa shape index (κ3) is 9.65. The number of aryl methyl sites for hydroxylation is 1. The van der Waals surface area contributed by atoms with Gasteiger partial charge in [0.1, 0.15) is 6.61 Å². The molecule has 1 fully saturated rings. The SMILES string of the molecule is CCCCCc1ccc(C(=O)N(Cc2cccc(C#CCO)c2)C2CCN(CCC(C)(C)C)CC2)cc1. The Kier molecular flexibility index (Phi) is 11.2. The molecule has 0 aliphatic carbocycles. The van der Waals surface area contributed by atoms with Crippen molar-refractivity contribution in [3.8, 4) is 11.8 Å². The van der Waals surface area contributed by atoms with Crippen LogP contribution in [0, 0.1) is 17.3 Å². The van der Waals surface area contributed by atoms with Crippen LogP contribution in [0.1, 0.15) is 93.3 Å². The van der Waals surface area contributed by atoms with Gasteiger partial charge >= 0.3 is 0 Å². The third-order valence-electron chi connectivity index (χ3n) is 7.30. The maximum atomic E-state index is 13.9. The second-order valence-electron chi connectivity index (χ2n) is 11.6. The zero-order valence-corrected chi connectivity index (χ0v) is 23.4. The highest BCUT2D eigenvalue weighted by atomic mass is 16.2. The van der Waals surface area contributed by atoms with E-state index in [9.17, 15) is 4.79 Å². The predicted molar refractivity (Wildman–Crippen MR) is 153 cm³/mol. The van der Waals surface area contributed by atoms with Crippen LogP contribution in [-0.4, -0.2) is 53.1 Å². The van der Waals surface area contributed by atoms with Crippen LogP contribution >= 0.6 is 0 Å². The van der Waals surface area contributed by atoms with E-state index in [1.807, 2.05) is 30.3 Å². The molecule has 3 rings (SSSR count). The van der Waals surface area contributed by atoms with Gasteiger partial charge in [-0.3, -0.25) is 4.79 Å². The number of unbranched alkanes of at least 4 members (excludes halogenated alkanes) is 2. The minimum atomic E-state index is -0.156. The molecule has 1 heterocycles. The van der Waals surface area contributed by atoms with Crippen LogP contribution in [0.2, 0.25) is 0 Å². The molecule has 1 amide bonds. The summed E-state index contributed by atoms with van der Waals surface area (Å²) in [5.41, 5.74) is 4.35. The van der Waals surface area contributed by atoms with E-state index in [1.165, 1.54) is 31.2 Å². The molecule has 0 saturated carbocycles. The van der Waals surface area contributed by atoms with Gasteiger partial charge in [-0.15, -0.1) is 0 Å². The van der Waals surface area contributed by atoms with Gasteiger partial charge in [0.15, 0.2) is 0 Å².